The number of hydrogen-bond acceptors (Lipinski definition) is 16. The van der Waals surface area contributed by atoms with E-state index in [0.717, 1.165) is 0 Å². The fourth-order valence-electron chi connectivity index (χ4n) is 0. The van der Waals surface area contributed by atoms with Crippen molar-refractivity contribution in [2.24, 2.45) is 0 Å². The van der Waals surface area contributed by atoms with Crippen molar-refractivity contribution in [2.45, 2.75) is 0 Å². The average molecular weight is 557 g/mol. The predicted molar refractivity (Wildman–Crippen MR) is 52.5 cm³/mol. The van der Waals surface area contributed by atoms with Gasteiger partial charge in [-0.2, -0.15) is 0 Å². The molecule has 0 spiro atoms. The number of hydrogen-bond donors (Lipinski definition) is 0. The van der Waals surface area contributed by atoms with Gasteiger partial charge in [-0.1, -0.05) is 0 Å². The summed E-state index contributed by atoms with van der Waals surface area (Å²) in [7, 11) is 0. The summed E-state index contributed by atoms with van der Waals surface area (Å²) in [5.41, 5.74) is 0. The Hall–Kier alpha value is -1.94. The van der Waals surface area contributed by atoms with Crippen molar-refractivity contribution in [3.63, 3.8) is 0 Å². The zero-order valence-electron chi connectivity index (χ0n) is 9.77. The van der Waals surface area contributed by atoms with Crippen molar-refractivity contribution in [1.29, 1.82) is 0 Å². The fourth-order valence-corrected chi connectivity index (χ4v) is 0. The minimum absolute atomic E-state index is 0. The van der Waals surface area contributed by atoms with Gasteiger partial charge in [-0.3, -0.25) is 0 Å². The monoisotopic (exact) mass is 556 g/mol. The third kappa shape index (κ3) is 1740. The van der Waals surface area contributed by atoms with Gasteiger partial charge in [-0.15, -0.1) is 0 Å². The maximum absolute atomic E-state index is 8.34. The molecule has 0 rings (SSSR count). The van der Waals surface area contributed by atoms with E-state index in [2.05, 4.69) is 0 Å². The van der Waals surface area contributed by atoms with Gasteiger partial charge in [0.2, 0.25) is 0 Å². The van der Waals surface area contributed by atoms with Gasteiger partial charge in [0.1, 0.15) is 0 Å². The molecule has 0 aliphatic heterocycles. The van der Waals surface area contributed by atoms with Crippen LogP contribution in [0.5, 0.6) is 0 Å². The van der Waals surface area contributed by atoms with E-state index < -0.39 is 25.4 Å². The van der Waals surface area contributed by atoms with Crippen LogP contribution >= 0.6 is 0 Å². The average Bonchev–Trinajstić information content (AvgIpc) is 2.14. The Morgan fingerprint density at radius 2 is 0.391 bits per heavy atom. The molecular formula is CeN5O16Zr. The van der Waals surface area contributed by atoms with E-state index in [1.54, 1.807) is 0 Å². The molecule has 0 N–H and O–H groups in total. The molecule has 0 bridgehead atoms. The molecule has 0 aromatic heterocycles. The maximum atomic E-state index is 8.34. The van der Waals surface area contributed by atoms with Crippen LogP contribution < -0.4 is 0 Å². The Morgan fingerprint density at radius 3 is 0.391 bits per heavy atom. The van der Waals surface area contributed by atoms with Crippen LogP contribution in [0.4, 0.5) is 0 Å². The summed E-state index contributed by atoms with van der Waals surface area (Å²) >= 11 is 0.300. The summed E-state index contributed by atoms with van der Waals surface area (Å²) in [6, 6.07) is 0. The molecule has 0 atom stereocenters. The zero-order chi connectivity index (χ0) is 19.9. The molecular weight excluding hydrogens is 557 g/mol. The fraction of sp³-hybridized carbons (Fsp3) is 0. The standard InChI is InChI=1S/Ce.5NO3.O.Zr/c;5*2-1(3)4;;/q+3;5*-1;;+2. The van der Waals surface area contributed by atoms with Crippen molar-refractivity contribution < 1.29 is 94.7 Å². The van der Waals surface area contributed by atoms with Crippen LogP contribution in [0.15, 0.2) is 0 Å². The molecule has 0 aliphatic carbocycles. The molecule has 0 heterocycles. The quantitative estimate of drug-likeness (QED) is 0.246. The number of rotatable bonds is 0. The second kappa shape index (κ2) is 42.7. The van der Waals surface area contributed by atoms with Crippen molar-refractivity contribution in [1.82, 2.24) is 0 Å². The Bertz CT molecular complexity index is 226. The van der Waals surface area contributed by atoms with Crippen molar-refractivity contribution in [3.05, 3.63) is 76.6 Å². The van der Waals surface area contributed by atoms with Gasteiger partial charge in [-0.05, 0) is 0 Å². The van der Waals surface area contributed by atoms with Crippen molar-refractivity contribution in [3.8, 4) is 0 Å². The van der Waals surface area contributed by atoms with E-state index in [-0.39, 0.29) is 41.7 Å². The molecule has 0 fully saturated rings. The van der Waals surface area contributed by atoms with E-state index in [0.29, 0.717) is 24.7 Å². The van der Waals surface area contributed by atoms with Gasteiger partial charge in [0, 0.05) is 0 Å². The van der Waals surface area contributed by atoms with E-state index in [9.17, 15) is 0 Å². The first-order valence-corrected chi connectivity index (χ1v) is 3.95. The van der Waals surface area contributed by atoms with E-state index in [1.807, 2.05) is 0 Å². The molecule has 0 aromatic rings. The van der Waals surface area contributed by atoms with Crippen molar-refractivity contribution in [2.75, 3.05) is 0 Å². The Morgan fingerprint density at radius 1 is 0.391 bits per heavy atom. The summed E-state index contributed by atoms with van der Waals surface area (Å²) in [5.74, 6) is 0. The third-order valence-electron chi connectivity index (χ3n) is 0. The minimum atomic E-state index is -1.75. The molecule has 23 heavy (non-hydrogen) atoms. The van der Waals surface area contributed by atoms with E-state index >= 15 is 0 Å². The molecule has 0 amide bonds. The molecule has 21 nitrogen and oxygen atoms in total. The van der Waals surface area contributed by atoms with Crippen LogP contribution in [0.25, 0.3) is 0 Å². The second-order valence-corrected chi connectivity index (χ2v) is 1.12. The van der Waals surface area contributed by atoms with Crippen LogP contribution in [-0.2, 0) is 27.5 Å². The first kappa shape index (κ1) is 42.9. The van der Waals surface area contributed by atoms with Crippen LogP contribution in [0.3, 0.4) is 0 Å². The molecule has 23 heteroatoms. The summed E-state index contributed by atoms with van der Waals surface area (Å²) in [6.07, 6.45) is 0. The van der Waals surface area contributed by atoms with E-state index in [4.69, 9.17) is 79.4 Å². The van der Waals surface area contributed by atoms with Crippen LogP contribution in [0.1, 0.15) is 0 Å². The van der Waals surface area contributed by atoms with Crippen LogP contribution in [0.2, 0.25) is 0 Å². The molecule has 0 saturated carbocycles. The van der Waals surface area contributed by atoms with Gasteiger partial charge in [-0.25, -0.2) is 0 Å². The Balaban J connectivity index is -0.0000000268. The van der Waals surface area contributed by atoms with Crippen LogP contribution in [-0.4, -0.2) is 25.4 Å². The molecule has 129 valence electrons. The van der Waals surface area contributed by atoms with Crippen molar-refractivity contribution >= 4 is 0 Å². The molecule has 0 unspecified atom stereocenters. The van der Waals surface area contributed by atoms with Gasteiger partial charge in [0.05, 0.1) is 25.4 Å². The molecule has 1 radical (unpaired) electrons. The topological polar surface area (TPSA) is 348 Å². The second-order valence-electron chi connectivity index (χ2n) is 1.12. The summed E-state index contributed by atoms with van der Waals surface area (Å²) in [5, 5.41) is 73.8. The predicted octanol–water partition coefficient (Wildman–Crippen LogP) is -1.32. The summed E-state index contributed by atoms with van der Waals surface area (Å²) in [6.45, 7) is 0. The summed E-state index contributed by atoms with van der Waals surface area (Å²) in [4.78, 5) is 41.2. The Kier molecular flexibility index (Phi) is 79.6. The molecule has 0 saturated heterocycles. The molecule has 0 aromatic carbocycles. The number of nitrogens with zero attached hydrogens (tertiary/aromatic N) is 5. The first-order chi connectivity index (χ1) is 9.66. The normalized spacial score (nSPS) is 5.48. The Labute approximate surface area is 170 Å². The SMILES string of the molecule is O=[N+]([O-])[O-].O=[N+]([O-])[O-].O=[N+]([O-])[O-].O=[N+]([O-])[O-].O=[N+]([O-])[O-].[Ce+3].[O]=[Zr+2]. The van der Waals surface area contributed by atoms with Gasteiger partial charge in [0.25, 0.3) is 0 Å². The van der Waals surface area contributed by atoms with Gasteiger partial charge in [0.15, 0.2) is 0 Å². The zero-order valence-corrected chi connectivity index (χ0v) is 15.4. The van der Waals surface area contributed by atoms with Crippen LogP contribution in [0, 0.1) is 118 Å². The first-order valence-electron chi connectivity index (χ1n) is 2.94. The molecule has 0 aliphatic rings. The van der Waals surface area contributed by atoms with Gasteiger partial charge >= 0.3 is 69.3 Å². The van der Waals surface area contributed by atoms with E-state index in [1.165, 1.54) is 0 Å². The third-order valence-corrected chi connectivity index (χ3v) is 0. The van der Waals surface area contributed by atoms with Gasteiger partial charge < -0.3 is 76.6 Å². The summed E-state index contributed by atoms with van der Waals surface area (Å²) < 4.78 is 8.34.